The van der Waals surface area contributed by atoms with Crippen molar-refractivity contribution in [3.63, 3.8) is 0 Å². The molecule has 1 amide bonds. The molecule has 0 radical (unpaired) electrons. The lowest BCUT2D eigenvalue weighted by Gasteiger charge is -2.24. The highest BCUT2D eigenvalue weighted by atomic mass is 35.5. The van der Waals surface area contributed by atoms with Crippen molar-refractivity contribution >= 4 is 55.6 Å². The summed E-state index contributed by atoms with van der Waals surface area (Å²) in [5.74, 6) is 1.05. The third-order valence-corrected chi connectivity index (χ3v) is 8.72. The third-order valence-electron chi connectivity index (χ3n) is 5.23. The molecule has 0 saturated carbocycles. The maximum atomic E-state index is 13.0. The van der Waals surface area contributed by atoms with Gasteiger partial charge in [-0.2, -0.15) is 0 Å². The number of hydrogen-bond donors (Lipinski definition) is 1. The van der Waals surface area contributed by atoms with Crippen LogP contribution in [0.3, 0.4) is 0 Å². The molecule has 2 aliphatic rings. The number of amidine groups is 1. The number of fused-ring (bicyclic) bond motifs is 1. The second-order valence-corrected chi connectivity index (χ2v) is 11.4. The van der Waals surface area contributed by atoms with E-state index in [-0.39, 0.29) is 35.2 Å². The largest absolute Gasteiger partial charge is 0.495 e. The van der Waals surface area contributed by atoms with Crippen LogP contribution < -0.4 is 19.7 Å². The Morgan fingerprint density at radius 2 is 2.00 bits per heavy atom. The van der Waals surface area contributed by atoms with Crippen molar-refractivity contribution in [2.45, 2.75) is 18.2 Å². The Bertz CT molecular complexity index is 1170. The summed E-state index contributed by atoms with van der Waals surface area (Å²) >= 11 is 7.48. The fraction of sp³-hybridized carbons (Fsp3) is 0.364. The second-order valence-electron chi connectivity index (χ2n) is 7.62. The summed E-state index contributed by atoms with van der Waals surface area (Å²) in [6.45, 7) is 2.43. The standard InChI is InChI=1S/C22H24ClN3O5S2/c1-3-31-16-7-5-15(6-8-16)26(22-25-18-12-33(28,29)13-20(18)32-22)11-21(27)24-17-10-14(23)4-9-19(17)30-2/h4-10,18,20H,3,11-13H2,1-2H3,(H,24,27)/t18-,20+/m1/s1. The summed E-state index contributed by atoms with van der Waals surface area (Å²) in [7, 11) is -1.56. The van der Waals surface area contributed by atoms with Crippen molar-refractivity contribution in [1.29, 1.82) is 0 Å². The van der Waals surface area contributed by atoms with Gasteiger partial charge in [-0.15, -0.1) is 0 Å². The minimum atomic E-state index is -3.08. The average Bonchev–Trinajstić information content (AvgIpc) is 3.26. The Balaban J connectivity index is 1.58. The van der Waals surface area contributed by atoms with Gasteiger partial charge in [0.25, 0.3) is 0 Å². The molecule has 176 valence electrons. The molecule has 1 fully saturated rings. The van der Waals surface area contributed by atoms with Gasteiger partial charge >= 0.3 is 0 Å². The number of carbonyl (C=O) groups is 1. The van der Waals surface area contributed by atoms with Crippen molar-refractivity contribution < 1.29 is 22.7 Å². The summed E-state index contributed by atoms with van der Waals surface area (Å²) in [4.78, 5) is 19.5. The van der Waals surface area contributed by atoms with E-state index in [1.807, 2.05) is 31.2 Å². The van der Waals surface area contributed by atoms with E-state index in [1.54, 1.807) is 23.1 Å². The zero-order valence-corrected chi connectivity index (χ0v) is 20.5. The van der Waals surface area contributed by atoms with Crippen LogP contribution in [0.4, 0.5) is 11.4 Å². The van der Waals surface area contributed by atoms with Crippen LogP contribution in [-0.2, 0) is 14.6 Å². The minimum Gasteiger partial charge on any atom is -0.495 e. The Hall–Kier alpha value is -2.43. The summed E-state index contributed by atoms with van der Waals surface area (Å²) in [5.41, 5.74) is 1.21. The number of halogens is 1. The van der Waals surface area contributed by atoms with E-state index < -0.39 is 9.84 Å². The number of rotatable bonds is 7. The van der Waals surface area contributed by atoms with Gasteiger partial charge in [-0.3, -0.25) is 9.79 Å². The molecule has 11 heteroatoms. The van der Waals surface area contributed by atoms with Crippen LogP contribution in [0, 0.1) is 0 Å². The predicted octanol–water partition coefficient (Wildman–Crippen LogP) is 3.46. The quantitative estimate of drug-likeness (QED) is 0.610. The van der Waals surface area contributed by atoms with Gasteiger partial charge in [-0.05, 0) is 49.4 Å². The van der Waals surface area contributed by atoms with E-state index in [1.165, 1.54) is 18.9 Å². The lowest BCUT2D eigenvalue weighted by atomic mass is 10.2. The zero-order chi connectivity index (χ0) is 23.6. The lowest BCUT2D eigenvalue weighted by molar-refractivity contribution is -0.114. The first-order valence-electron chi connectivity index (χ1n) is 10.4. The molecule has 33 heavy (non-hydrogen) atoms. The first-order valence-corrected chi connectivity index (χ1v) is 13.4. The predicted molar refractivity (Wildman–Crippen MR) is 133 cm³/mol. The molecule has 0 spiro atoms. The van der Waals surface area contributed by atoms with Gasteiger partial charge in [0.15, 0.2) is 15.0 Å². The molecule has 1 saturated heterocycles. The highest BCUT2D eigenvalue weighted by Crippen LogP contribution is 2.37. The lowest BCUT2D eigenvalue weighted by Crippen LogP contribution is -2.36. The van der Waals surface area contributed by atoms with Crippen molar-refractivity contribution in [1.82, 2.24) is 0 Å². The number of benzene rings is 2. The molecule has 1 N–H and O–H groups in total. The molecule has 2 aromatic carbocycles. The number of amides is 1. The molecule has 2 aliphatic heterocycles. The maximum absolute atomic E-state index is 13.0. The maximum Gasteiger partial charge on any atom is 0.244 e. The SMILES string of the molecule is CCOc1ccc(N(CC(=O)Nc2cc(Cl)ccc2OC)C2=N[C@@H]3CS(=O)(=O)C[C@@H]3S2)cc1. The smallest absolute Gasteiger partial charge is 0.244 e. The fourth-order valence-corrected chi connectivity index (χ4v) is 7.69. The highest BCUT2D eigenvalue weighted by Gasteiger charge is 2.44. The number of ether oxygens (including phenoxy) is 2. The molecule has 0 unspecified atom stereocenters. The molecule has 0 bridgehead atoms. The Morgan fingerprint density at radius 3 is 2.67 bits per heavy atom. The highest BCUT2D eigenvalue weighted by molar-refractivity contribution is 8.15. The number of hydrogen-bond acceptors (Lipinski definition) is 8. The first-order chi connectivity index (χ1) is 15.8. The molecule has 4 rings (SSSR count). The molecule has 0 aromatic heterocycles. The summed E-state index contributed by atoms with van der Waals surface area (Å²) in [6, 6.07) is 12.1. The van der Waals surface area contributed by atoms with E-state index in [0.717, 1.165) is 11.4 Å². The van der Waals surface area contributed by atoms with E-state index in [2.05, 4.69) is 10.3 Å². The normalized spacial score (nSPS) is 20.6. The number of sulfone groups is 1. The van der Waals surface area contributed by atoms with E-state index in [4.69, 9.17) is 21.1 Å². The van der Waals surface area contributed by atoms with Gasteiger partial charge in [0.2, 0.25) is 5.91 Å². The van der Waals surface area contributed by atoms with Crippen LogP contribution in [0.15, 0.2) is 47.5 Å². The van der Waals surface area contributed by atoms with Gasteiger partial charge < -0.3 is 19.7 Å². The number of aliphatic imine (C=N–C) groups is 1. The van der Waals surface area contributed by atoms with E-state index >= 15 is 0 Å². The summed E-state index contributed by atoms with van der Waals surface area (Å²) in [5, 5.41) is 3.81. The minimum absolute atomic E-state index is 0.0261. The van der Waals surface area contributed by atoms with Crippen LogP contribution in [0.25, 0.3) is 0 Å². The summed E-state index contributed by atoms with van der Waals surface area (Å²) in [6.07, 6.45) is 0. The topological polar surface area (TPSA) is 97.3 Å². The number of anilines is 2. The van der Waals surface area contributed by atoms with Crippen LogP contribution >= 0.6 is 23.4 Å². The number of thioether (sulfide) groups is 1. The van der Waals surface area contributed by atoms with Gasteiger partial charge in [0.05, 0.1) is 37.0 Å². The van der Waals surface area contributed by atoms with E-state index in [9.17, 15) is 13.2 Å². The molecule has 2 aromatic rings. The molecule has 8 nitrogen and oxygen atoms in total. The number of methoxy groups -OCH3 is 1. The van der Waals surface area contributed by atoms with Gasteiger partial charge in [-0.25, -0.2) is 8.42 Å². The van der Waals surface area contributed by atoms with Gasteiger partial charge in [-0.1, -0.05) is 23.4 Å². The Labute approximate surface area is 202 Å². The first kappa shape index (κ1) is 23.7. The number of carbonyl (C=O) groups excluding carboxylic acids is 1. The van der Waals surface area contributed by atoms with Crippen molar-refractivity contribution in [2.24, 2.45) is 4.99 Å². The average molecular weight is 510 g/mol. The Kier molecular flexibility index (Phi) is 7.06. The summed E-state index contributed by atoms with van der Waals surface area (Å²) < 4.78 is 34.8. The van der Waals surface area contributed by atoms with Crippen LogP contribution in [-0.4, -0.2) is 62.6 Å². The van der Waals surface area contributed by atoms with E-state index in [0.29, 0.717) is 28.2 Å². The van der Waals surface area contributed by atoms with Crippen molar-refractivity contribution in [3.05, 3.63) is 47.5 Å². The molecule has 2 atom stereocenters. The Morgan fingerprint density at radius 1 is 1.24 bits per heavy atom. The number of nitrogens with one attached hydrogen (secondary N) is 1. The molecular weight excluding hydrogens is 486 g/mol. The monoisotopic (exact) mass is 509 g/mol. The fourth-order valence-electron chi connectivity index (χ4n) is 3.74. The van der Waals surface area contributed by atoms with Crippen molar-refractivity contribution in [3.8, 4) is 11.5 Å². The number of nitrogens with zero attached hydrogens (tertiary/aromatic N) is 2. The van der Waals surface area contributed by atoms with Crippen molar-refractivity contribution in [2.75, 3.05) is 42.0 Å². The molecule has 0 aliphatic carbocycles. The second kappa shape index (κ2) is 9.82. The molecule has 2 heterocycles. The van der Waals surface area contributed by atoms with Crippen LogP contribution in [0.2, 0.25) is 5.02 Å². The zero-order valence-electron chi connectivity index (χ0n) is 18.2. The molecular formula is C22H24ClN3O5S2. The van der Waals surface area contributed by atoms with Gasteiger partial charge in [0.1, 0.15) is 18.0 Å². The van der Waals surface area contributed by atoms with Gasteiger partial charge in [0, 0.05) is 16.0 Å². The van der Waals surface area contributed by atoms with Crippen LogP contribution in [0.1, 0.15) is 6.92 Å². The van der Waals surface area contributed by atoms with Crippen LogP contribution in [0.5, 0.6) is 11.5 Å². The third kappa shape index (κ3) is 5.56.